The lowest BCUT2D eigenvalue weighted by atomic mass is 10.1. The smallest absolute Gasteiger partial charge is 0.120 e. The highest BCUT2D eigenvalue weighted by atomic mass is 32.2. The number of rotatable bonds is 2. The molecule has 3 nitrogen and oxygen atoms in total. The topological polar surface area (TPSA) is 49.5 Å². The summed E-state index contributed by atoms with van der Waals surface area (Å²) < 4.78 is 0. The number of nitrogens with two attached hydrogens (primary N) is 1. The third-order valence-electron chi connectivity index (χ3n) is 2.99. The molecule has 4 heteroatoms. The van der Waals surface area contributed by atoms with E-state index in [2.05, 4.69) is 18.7 Å². The van der Waals surface area contributed by atoms with Gasteiger partial charge in [-0.3, -0.25) is 4.90 Å². The van der Waals surface area contributed by atoms with Crippen LogP contribution in [0, 0.1) is 0 Å². The van der Waals surface area contributed by atoms with Gasteiger partial charge in [0.1, 0.15) is 5.75 Å². The van der Waals surface area contributed by atoms with Crippen LogP contribution in [0.3, 0.4) is 0 Å². The molecule has 1 aliphatic heterocycles. The van der Waals surface area contributed by atoms with Gasteiger partial charge in [-0.25, -0.2) is 0 Å². The van der Waals surface area contributed by atoms with Crippen molar-refractivity contribution >= 4 is 17.4 Å². The summed E-state index contributed by atoms with van der Waals surface area (Å²) in [4.78, 5) is 2.39. The minimum absolute atomic E-state index is 0.345. The van der Waals surface area contributed by atoms with Gasteiger partial charge in [-0.1, -0.05) is 13.8 Å². The summed E-state index contributed by atoms with van der Waals surface area (Å²) in [6.07, 6.45) is 0. The van der Waals surface area contributed by atoms with Crippen molar-refractivity contribution in [2.45, 2.75) is 30.9 Å². The Balaban J connectivity index is 2.07. The fraction of sp³-hybridized carbons (Fsp3) is 0.538. The number of nitrogens with zero attached hydrogens (tertiary/aromatic N) is 1. The molecule has 1 heterocycles. The molecule has 0 aromatic heterocycles. The second-order valence-electron chi connectivity index (χ2n) is 4.84. The van der Waals surface area contributed by atoms with Crippen LogP contribution in [0.1, 0.15) is 19.4 Å². The Kier molecular flexibility index (Phi) is 3.84. The van der Waals surface area contributed by atoms with Crippen LogP contribution in [-0.4, -0.2) is 33.6 Å². The average Bonchev–Trinajstić information content (AvgIpc) is 2.22. The summed E-state index contributed by atoms with van der Waals surface area (Å²) in [6.45, 7) is 7.44. The van der Waals surface area contributed by atoms with Crippen LogP contribution in [0.2, 0.25) is 0 Å². The maximum Gasteiger partial charge on any atom is 0.120 e. The zero-order valence-electron chi connectivity index (χ0n) is 10.4. The number of benzene rings is 1. The first kappa shape index (κ1) is 12.6. The van der Waals surface area contributed by atoms with E-state index in [-0.39, 0.29) is 0 Å². The van der Waals surface area contributed by atoms with Crippen LogP contribution >= 0.6 is 11.8 Å². The van der Waals surface area contributed by atoms with Crippen molar-refractivity contribution in [1.82, 2.24) is 4.90 Å². The van der Waals surface area contributed by atoms with Crippen molar-refractivity contribution in [2.24, 2.45) is 0 Å². The summed E-state index contributed by atoms with van der Waals surface area (Å²) in [5.74, 6) is 0.345. The summed E-state index contributed by atoms with van der Waals surface area (Å²) in [5, 5.41) is 11.1. The quantitative estimate of drug-likeness (QED) is 0.626. The predicted octanol–water partition coefficient (Wildman–Crippen LogP) is 2.30. The second-order valence-corrected chi connectivity index (χ2v) is 6.72. The molecule has 0 bridgehead atoms. The Bertz CT molecular complexity index is 387. The third-order valence-corrected chi connectivity index (χ3v) is 4.22. The zero-order valence-corrected chi connectivity index (χ0v) is 11.2. The van der Waals surface area contributed by atoms with Gasteiger partial charge in [0.05, 0.1) is 0 Å². The Morgan fingerprint density at radius 2 is 2.00 bits per heavy atom. The Hall–Kier alpha value is -0.870. The number of hydrogen-bond acceptors (Lipinski definition) is 4. The molecule has 1 fully saturated rings. The van der Waals surface area contributed by atoms with Crippen molar-refractivity contribution in [3.63, 3.8) is 0 Å². The van der Waals surface area contributed by atoms with Gasteiger partial charge in [0.2, 0.25) is 0 Å². The van der Waals surface area contributed by atoms with Crippen LogP contribution in [0.15, 0.2) is 18.2 Å². The molecule has 0 amide bonds. The molecule has 2 atom stereocenters. The summed E-state index contributed by atoms with van der Waals surface area (Å²) in [5.41, 5.74) is 7.39. The van der Waals surface area contributed by atoms with Gasteiger partial charge in [0.25, 0.3) is 0 Å². The molecule has 0 aliphatic carbocycles. The molecule has 17 heavy (non-hydrogen) atoms. The Morgan fingerprint density at radius 1 is 1.35 bits per heavy atom. The number of hydrogen-bond donors (Lipinski definition) is 2. The number of nitrogen functional groups attached to an aromatic ring is 1. The molecule has 1 aliphatic rings. The minimum atomic E-state index is 0.345. The normalized spacial score (nSPS) is 26.0. The molecule has 3 N–H and O–H groups in total. The van der Waals surface area contributed by atoms with Crippen molar-refractivity contribution in [2.75, 3.05) is 18.8 Å². The lowest BCUT2D eigenvalue weighted by molar-refractivity contribution is 0.259. The molecular weight excluding hydrogens is 232 g/mol. The monoisotopic (exact) mass is 252 g/mol. The summed E-state index contributed by atoms with van der Waals surface area (Å²) >= 11 is 2.03. The maximum absolute atomic E-state index is 9.81. The average molecular weight is 252 g/mol. The van der Waals surface area contributed by atoms with Gasteiger partial charge in [-0.2, -0.15) is 11.8 Å². The van der Waals surface area contributed by atoms with E-state index in [9.17, 15) is 5.11 Å². The van der Waals surface area contributed by atoms with Crippen LogP contribution < -0.4 is 5.73 Å². The van der Waals surface area contributed by atoms with Crippen LogP contribution in [0.5, 0.6) is 5.75 Å². The first-order valence-corrected chi connectivity index (χ1v) is 6.94. The summed E-state index contributed by atoms with van der Waals surface area (Å²) in [7, 11) is 0. The van der Waals surface area contributed by atoms with Crippen LogP contribution in [-0.2, 0) is 6.54 Å². The van der Waals surface area contributed by atoms with Gasteiger partial charge in [-0.15, -0.1) is 0 Å². The highest BCUT2D eigenvalue weighted by Gasteiger charge is 2.22. The van der Waals surface area contributed by atoms with Crippen LogP contribution in [0.25, 0.3) is 0 Å². The van der Waals surface area contributed by atoms with E-state index in [1.165, 1.54) is 0 Å². The van der Waals surface area contributed by atoms with Gasteiger partial charge < -0.3 is 10.8 Å². The van der Waals surface area contributed by atoms with Gasteiger partial charge in [0.15, 0.2) is 0 Å². The van der Waals surface area contributed by atoms with Crippen molar-refractivity contribution in [3.05, 3.63) is 23.8 Å². The lowest BCUT2D eigenvalue weighted by Gasteiger charge is -2.34. The lowest BCUT2D eigenvalue weighted by Crippen LogP contribution is -2.39. The fourth-order valence-corrected chi connectivity index (χ4v) is 3.77. The SMILES string of the molecule is CC1CN(Cc2cc(N)ccc2O)CC(C)S1. The molecule has 94 valence electrons. The second kappa shape index (κ2) is 5.19. The van der Waals surface area contributed by atoms with Crippen LogP contribution in [0.4, 0.5) is 5.69 Å². The van der Waals surface area contributed by atoms with E-state index in [4.69, 9.17) is 5.73 Å². The van der Waals surface area contributed by atoms with E-state index in [0.717, 1.165) is 25.2 Å². The van der Waals surface area contributed by atoms with E-state index >= 15 is 0 Å². The number of anilines is 1. The number of thioether (sulfide) groups is 1. The highest BCUT2D eigenvalue weighted by molar-refractivity contribution is 8.00. The highest BCUT2D eigenvalue weighted by Crippen LogP contribution is 2.28. The van der Waals surface area contributed by atoms with Gasteiger partial charge in [0, 0.05) is 41.4 Å². The molecule has 2 unspecified atom stereocenters. The maximum atomic E-state index is 9.81. The Morgan fingerprint density at radius 3 is 2.65 bits per heavy atom. The number of phenols is 1. The zero-order chi connectivity index (χ0) is 12.4. The van der Waals surface area contributed by atoms with E-state index in [1.807, 2.05) is 17.8 Å². The van der Waals surface area contributed by atoms with E-state index in [0.29, 0.717) is 21.9 Å². The summed E-state index contributed by atoms with van der Waals surface area (Å²) in [6, 6.07) is 5.28. The number of aromatic hydroxyl groups is 1. The first-order valence-electron chi connectivity index (χ1n) is 6.00. The molecule has 0 saturated carbocycles. The van der Waals surface area contributed by atoms with Crippen molar-refractivity contribution < 1.29 is 5.11 Å². The fourth-order valence-electron chi connectivity index (χ4n) is 2.39. The molecule has 1 aromatic carbocycles. The van der Waals surface area contributed by atoms with E-state index in [1.54, 1.807) is 12.1 Å². The molecular formula is C13H20N2OS. The Labute approximate surface area is 107 Å². The molecule has 2 rings (SSSR count). The molecule has 1 saturated heterocycles. The number of phenolic OH excluding ortho intramolecular Hbond substituents is 1. The van der Waals surface area contributed by atoms with Crippen molar-refractivity contribution in [1.29, 1.82) is 0 Å². The molecule has 0 spiro atoms. The van der Waals surface area contributed by atoms with Gasteiger partial charge >= 0.3 is 0 Å². The van der Waals surface area contributed by atoms with Crippen molar-refractivity contribution in [3.8, 4) is 5.75 Å². The predicted molar refractivity (Wildman–Crippen MR) is 74.3 cm³/mol. The third kappa shape index (κ3) is 3.30. The minimum Gasteiger partial charge on any atom is -0.508 e. The first-order chi connectivity index (χ1) is 8.04. The molecule has 0 radical (unpaired) electrons. The largest absolute Gasteiger partial charge is 0.508 e. The van der Waals surface area contributed by atoms with E-state index < -0.39 is 0 Å². The standard InChI is InChI=1S/C13H20N2OS/c1-9-6-15(7-10(2)17-9)8-11-5-12(14)3-4-13(11)16/h3-5,9-10,16H,6-8,14H2,1-2H3. The van der Waals surface area contributed by atoms with Gasteiger partial charge in [-0.05, 0) is 18.2 Å². The molecule has 1 aromatic rings.